The maximum atomic E-state index is 5.14. The number of nitrogens with two attached hydrogens (primary N) is 1. The first-order valence-electron chi connectivity index (χ1n) is 5.31. The van der Waals surface area contributed by atoms with Crippen molar-refractivity contribution in [2.45, 2.75) is 20.8 Å². The molecule has 0 heterocycles. The summed E-state index contributed by atoms with van der Waals surface area (Å²) >= 11 is 0. The number of hydrazone groups is 1. The minimum Gasteiger partial charge on any atom is -0.372 e. The van der Waals surface area contributed by atoms with Gasteiger partial charge >= 0.3 is 0 Å². The second kappa shape index (κ2) is 5.39. The molecule has 2 N–H and O–H groups in total. The number of rotatable bonds is 4. The van der Waals surface area contributed by atoms with Crippen LogP contribution in [0.2, 0.25) is 0 Å². The molecule has 0 radical (unpaired) electrons. The molecule has 3 nitrogen and oxygen atoms in total. The zero-order valence-corrected chi connectivity index (χ0v) is 9.70. The molecule has 0 fully saturated rings. The summed E-state index contributed by atoms with van der Waals surface area (Å²) in [6.07, 6.45) is 1.68. The molecular weight excluding hydrogens is 186 g/mol. The molecule has 0 saturated heterocycles. The molecule has 1 aromatic carbocycles. The molecule has 3 heteroatoms. The highest BCUT2D eigenvalue weighted by atomic mass is 15.1. The van der Waals surface area contributed by atoms with Crippen molar-refractivity contribution in [2.24, 2.45) is 10.9 Å². The fourth-order valence-corrected chi connectivity index (χ4v) is 1.67. The van der Waals surface area contributed by atoms with E-state index < -0.39 is 0 Å². The van der Waals surface area contributed by atoms with E-state index in [0.717, 1.165) is 18.7 Å². The molecule has 0 saturated carbocycles. The Morgan fingerprint density at radius 1 is 1.33 bits per heavy atom. The van der Waals surface area contributed by atoms with Gasteiger partial charge in [-0.25, -0.2) is 0 Å². The zero-order chi connectivity index (χ0) is 11.3. The van der Waals surface area contributed by atoms with Crippen molar-refractivity contribution >= 4 is 11.9 Å². The number of anilines is 1. The predicted molar refractivity (Wildman–Crippen MR) is 66.5 cm³/mol. The molecule has 1 aromatic rings. The topological polar surface area (TPSA) is 41.6 Å². The van der Waals surface area contributed by atoms with Gasteiger partial charge in [0, 0.05) is 18.8 Å². The van der Waals surface area contributed by atoms with Gasteiger partial charge in [0.1, 0.15) is 0 Å². The zero-order valence-electron chi connectivity index (χ0n) is 9.70. The Labute approximate surface area is 91.6 Å². The van der Waals surface area contributed by atoms with Gasteiger partial charge in [-0.1, -0.05) is 6.07 Å². The molecule has 0 bridgehead atoms. The molecule has 1 rings (SSSR count). The molecule has 0 unspecified atom stereocenters. The molecular formula is C12H19N3. The minimum atomic E-state index is 1.03. The first-order valence-corrected chi connectivity index (χ1v) is 5.31. The van der Waals surface area contributed by atoms with E-state index >= 15 is 0 Å². The molecule has 0 spiro atoms. The molecule has 0 aliphatic rings. The third-order valence-electron chi connectivity index (χ3n) is 2.60. The van der Waals surface area contributed by atoms with Crippen molar-refractivity contribution in [1.29, 1.82) is 0 Å². The molecule has 0 amide bonds. The summed E-state index contributed by atoms with van der Waals surface area (Å²) in [5.41, 5.74) is 3.54. The summed E-state index contributed by atoms with van der Waals surface area (Å²) in [6.45, 7) is 8.45. The molecule has 82 valence electrons. The van der Waals surface area contributed by atoms with Crippen LogP contribution < -0.4 is 10.7 Å². The van der Waals surface area contributed by atoms with Gasteiger partial charge in [-0.2, -0.15) is 5.10 Å². The number of nitrogens with zero attached hydrogens (tertiary/aromatic N) is 2. The van der Waals surface area contributed by atoms with Crippen molar-refractivity contribution < 1.29 is 0 Å². The average Bonchev–Trinajstić information content (AvgIpc) is 2.24. The third kappa shape index (κ3) is 2.72. The highest BCUT2D eigenvalue weighted by Gasteiger charge is 2.03. The first-order chi connectivity index (χ1) is 7.22. The van der Waals surface area contributed by atoms with Crippen LogP contribution in [0.15, 0.2) is 23.3 Å². The van der Waals surface area contributed by atoms with Gasteiger partial charge in [-0.05, 0) is 44.0 Å². The van der Waals surface area contributed by atoms with Gasteiger partial charge in [0.15, 0.2) is 0 Å². The summed E-state index contributed by atoms with van der Waals surface area (Å²) in [5, 5.41) is 3.54. The van der Waals surface area contributed by atoms with Gasteiger partial charge in [0.25, 0.3) is 0 Å². The quantitative estimate of drug-likeness (QED) is 0.465. The molecule has 0 aromatic heterocycles. The third-order valence-corrected chi connectivity index (χ3v) is 2.60. The number of benzene rings is 1. The van der Waals surface area contributed by atoms with Crippen LogP contribution in [0.25, 0.3) is 0 Å². The summed E-state index contributed by atoms with van der Waals surface area (Å²) in [4.78, 5) is 2.32. The summed E-state index contributed by atoms with van der Waals surface area (Å²) in [7, 11) is 0. The average molecular weight is 205 g/mol. The SMILES string of the molecule is CCN(CC)c1ccc(C=NN)c(C)c1. The summed E-state index contributed by atoms with van der Waals surface area (Å²) in [6, 6.07) is 6.33. The monoisotopic (exact) mass is 205 g/mol. The second-order valence-corrected chi connectivity index (χ2v) is 3.49. The lowest BCUT2D eigenvalue weighted by molar-refractivity contribution is 0.865. The fraction of sp³-hybridized carbons (Fsp3) is 0.417. The van der Waals surface area contributed by atoms with E-state index in [2.05, 4.69) is 49.0 Å². The molecule has 0 aliphatic heterocycles. The Kier molecular flexibility index (Phi) is 4.16. The van der Waals surface area contributed by atoms with E-state index in [9.17, 15) is 0 Å². The van der Waals surface area contributed by atoms with Crippen LogP contribution in [0.1, 0.15) is 25.0 Å². The number of aryl methyl sites for hydroxylation is 1. The van der Waals surface area contributed by atoms with Crippen LogP contribution in [0, 0.1) is 6.92 Å². The lowest BCUT2D eigenvalue weighted by Crippen LogP contribution is -2.21. The van der Waals surface area contributed by atoms with Gasteiger partial charge in [0.05, 0.1) is 6.21 Å². The maximum absolute atomic E-state index is 5.14. The van der Waals surface area contributed by atoms with Crippen LogP contribution in [0.5, 0.6) is 0 Å². The normalized spacial score (nSPS) is 10.9. The molecule has 0 aliphatic carbocycles. The van der Waals surface area contributed by atoms with Gasteiger partial charge in [-0.15, -0.1) is 0 Å². The van der Waals surface area contributed by atoms with Crippen molar-refractivity contribution in [1.82, 2.24) is 0 Å². The number of hydrogen-bond donors (Lipinski definition) is 1. The van der Waals surface area contributed by atoms with Crippen LogP contribution in [0.4, 0.5) is 5.69 Å². The first kappa shape index (κ1) is 11.6. The van der Waals surface area contributed by atoms with Crippen LogP contribution in [-0.2, 0) is 0 Å². The highest BCUT2D eigenvalue weighted by Crippen LogP contribution is 2.17. The Hall–Kier alpha value is -1.51. The van der Waals surface area contributed by atoms with Crippen molar-refractivity contribution in [3.05, 3.63) is 29.3 Å². The number of hydrogen-bond acceptors (Lipinski definition) is 3. The summed E-state index contributed by atoms with van der Waals surface area (Å²) in [5.74, 6) is 5.14. The standard InChI is InChI=1S/C12H19N3/c1-4-15(5-2)12-7-6-11(9-14-13)10(3)8-12/h6-9H,4-5,13H2,1-3H3. The Bertz CT molecular complexity index is 341. The van der Waals surface area contributed by atoms with E-state index in [4.69, 9.17) is 5.84 Å². The van der Waals surface area contributed by atoms with E-state index in [1.165, 1.54) is 11.3 Å². The van der Waals surface area contributed by atoms with E-state index in [0.29, 0.717) is 0 Å². The lowest BCUT2D eigenvalue weighted by atomic mass is 10.1. The summed E-state index contributed by atoms with van der Waals surface area (Å²) < 4.78 is 0. The van der Waals surface area contributed by atoms with Gasteiger partial charge in [0.2, 0.25) is 0 Å². The van der Waals surface area contributed by atoms with E-state index in [1.54, 1.807) is 6.21 Å². The minimum absolute atomic E-state index is 1.03. The lowest BCUT2D eigenvalue weighted by Gasteiger charge is -2.21. The van der Waals surface area contributed by atoms with Gasteiger partial charge < -0.3 is 10.7 Å². The largest absolute Gasteiger partial charge is 0.372 e. The smallest absolute Gasteiger partial charge is 0.0540 e. The Balaban J connectivity index is 2.99. The second-order valence-electron chi connectivity index (χ2n) is 3.49. The van der Waals surface area contributed by atoms with Crippen molar-refractivity contribution in [3.63, 3.8) is 0 Å². The van der Waals surface area contributed by atoms with E-state index in [1.807, 2.05) is 0 Å². The highest BCUT2D eigenvalue weighted by molar-refractivity contribution is 5.82. The van der Waals surface area contributed by atoms with Crippen LogP contribution >= 0.6 is 0 Å². The molecule has 15 heavy (non-hydrogen) atoms. The molecule has 0 atom stereocenters. The van der Waals surface area contributed by atoms with E-state index in [-0.39, 0.29) is 0 Å². The van der Waals surface area contributed by atoms with Gasteiger partial charge in [-0.3, -0.25) is 0 Å². The Morgan fingerprint density at radius 3 is 2.47 bits per heavy atom. The Morgan fingerprint density at radius 2 is 2.00 bits per heavy atom. The van der Waals surface area contributed by atoms with Crippen molar-refractivity contribution in [2.75, 3.05) is 18.0 Å². The fourth-order valence-electron chi connectivity index (χ4n) is 1.67. The van der Waals surface area contributed by atoms with Crippen LogP contribution in [-0.4, -0.2) is 19.3 Å². The van der Waals surface area contributed by atoms with Crippen LogP contribution in [0.3, 0.4) is 0 Å². The van der Waals surface area contributed by atoms with Crippen molar-refractivity contribution in [3.8, 4) is 0 Å². The maximum Gasteiger partial charge on any atom is 0.0540 e. The predicted octanol–water partition coefficient (Wildman–Crippen LogP) is 2.13.